The van der Waals surface area contributed by atoms with Crippen molar-refractivity contribution in [2.24, 2.45) is 0 Å². The fourth-order valence-corrected chi connectivity index (χ4v) is 17.1. The summed E-state index contributed by atoms with van der Waals surface area (Å²) in [5.41, 5.74) is 21.4. The lowest BCUT2D eigenvalue weighted by molar-refractivity contribution is 1.07. The average molecular weight is 1600 g/mol. The Morgan fingerprint density at radius 1 is 0.128 bits per heavy atom. The minimum Gasteiger partial charge on any atom is -0.309 e. The largest absolute Gasteiger partial charge is 0.309 e. The second-order valence-corrected chi connectivity index (χ2v) is 30.8. The average Bonchev–Trinajstić information content (AvgIpc) is 1.48. The lowest BCUT2D eigenvalue weighted by atomic mass is 10.0. The van der Waals surface area contributed by atoms with Crippen molar-refractivity contribution in [1.29, 1.82) is 0 Å². The van der Waals surface area contributed by atoms with Crippen molar-refractivity contribution >= 4 is 87.0 Å². The summed E-state index contributed by atoms with van der Waals surface area (Å²) in [5, 5.41) is 12.4. The Morgan fingerprint density at radius 3 is 0.736 bits per heavy atom. The van der Waals surface area contributed by atoms with Crippen LogP contribution in [0.3, 0.4) is 0 Å². The Kier molecular flexibility index (Phi) is 19.3. The van der Waals surface area contributed by atoms with Gasteiger partial charge in [-0.1, -0.05) is 340 Å². The fraction of sp³-hybridized carbons (Fsp3) is 0. The van der Waals surface area contributed by atoms with Gasteiger partial charge in [-0.05, 0) is 136 Å². The highest BCUT2D eigenvalue weighted by Gasteiger charge is 2.22. The molecular formula is C113H74N12. The Bertz CT molecular complexity index is 7900. The summed E-state index contributed by atoms with van der Waals surface area (Å²) in [4.78, 5) is 43.9. The molecule has 0 saturated carbocycles. The number of hydrogen-bond acceptors (Lipinski definition) is 9. The van der Waals surface area contributed by atoms with Gasteiger partial charge in [0, 0.05) is 105 Å². The molecule has 0 unspecified atom stereocenters. The van der Waals surface area contributed by atoms with Gasteiger partial charge in [0.1, 0.15) is 0 Å². The van der Waals surface area contributed by atoms with E-state index in [1.807, 2.05) is 182 Å². The maximum atomic E-state index is 4.91. The molecule has 0 atom stereocenters. The molecule has 0 aliphatic carbocycles. The molecule has 24 rings (SSSR count). The fourth-order valence-electron chi connectivity index (χ4n) is 17.1. The monoisotopic (exact) mass is 1600 g/mol. The summed E-state index contributed by atoms with van der Waals surface area (Å²) >= 11 is 0. The molecule has 0 fully saturated rings. The predicted octanol–water partition coefficient (Wildman–Crippen LogP) is 27.9. The van der Waals surface area contributed by atoms with E-state index in [1.54, 1.807) is 0 Å². The summed E-state index contributed by atoms with van der Waals surface area (Å²) < 4.78 is 7.06. The second kappa shape index (κ2) is 32.6. The van der Waals surface area contributed by atoms with Gasteiger partial charge in [-0.3, -0.25) is 0 Å². The Labute approximate surface area is 720 Å². The molecule has 125 heavy (non-hydrogen) atoms. The SMILES string of the molecule is c1ccc(-c2ccc3c4ccccc4n(-c4ccc(-c5nc(-c6ccccc6)nc(-c6ccccc6)n5)cc4)c3c2)cc1.c1ccc(-c2nc(-c3ccccc3)nc(-c3ccc(-n4c5ccccc5c5cc6ccccc6cc54)cc3)n2)cc1.c1ccc(-c2nc(-c3ccccc3)nc(-c3ccc(-n4c5ccccc5c5ccc6ccccc6c54)cc3)n2)cc1. The number of para-hydroxylation sites is 3. The standard InChI is InChI=1S/C39H26N4.2C37H24N4/c1-4-12-27(13-5-1)31-22-25-34-33-18-10-11-19-35(33)43(36(34)26-31)32-23-20-30(21-24-32)39-41-37(28-14-6-2-7-15-28)40-38(42-39)29-16-8-3-9-17-29;1-3-12-26(13-4-1)35-38-36(27-14-5-2-6-15-27)40-37(39-35)28-19-22-29(23-20-28)41-33-18-10-9-17-31(33)32-24-21-25-11-7-8-16-30(25)34(32)41;1-3-11-25(12-4-1)35-38-36(26-13-5-2-6-14-26)40-37(39-35)27-19-21-30(22-20-27)41-33-18-10-9-17-31(33)32-23-28-15-7-8-16-29(28)24-34(32)41/h1-26H;2*1-24H. The smallest absolute Gasteiger partial charge is 0.164 e. The maximum Gasteiger partial charge on any atom is 0.164 e. The Balaban J connectivity index is 0.000000111. The summed E-state index contributed by atoms with van der Waals surface area (Å²) in [6.07, 6.45) is 0. The third-order valence-electron chi connectivity index (χ3n) is 23.1. The van der Waals surface area contributed by atoms with Gasteiger partial charge in [-0.15, -0.1) is 0 Å². The molecule has 12 heteroatoms. The van der Waals surface area contributed by atoms with E-state index in [4.69, 9.17) is 44.9 Å². The second-order valence-electron chi connectivity index (χ2n) is 30.8. The molecule has 18 aromatic carbocycles. The van der Waals surface area contributed by atoms with Crippen LogP contribution in [-0.4, -0.2) is 58.6 Å². The number of benzene rings is 18. The molecule has 0 spiro atoms. The van der Waals surface area contributed by atoms with E-state index in [-0.39, 0.29) is 0 Å². The van der Waals surface area contributed by atoms with Crippen molar-refractivity contribution in [2.75, 3.05) is 0 Å². The van der Waals surface area contributed by atoms with Crippen LogP contribution in [0.4, 0.5) is 0 Å². The van der Waals surface area contributed by atoms with Gasteiger partial charge in [-0.25, -0.2) is 44.9 Å². The molecule has 0 amide bonds. The van der Waals surface area contributed by atoms with Crippen LogP contribution >= 0.6 is 0 Å². The Morgan fingerprint density at radius 2 is 0.368 bits per heavy atom. The molecule has 24 aromatic rings. The molecule has 0 aliphatic rings. The number of hydrogen-bond donors (Lipinski definition) is 0. The van der Waals surface area contributed by atoms with Crippen LogP contribution < -0.4 is 0 Å². The van der Waals surface area contributed by atoms with Crippen molar-refractivity contribution in [3.63, 3.8) is 0 Å². The molecule has 6 aromatic heterocycles. The van der Waals surface area contributed by atoms with Gasteiger partial charge in [-0.2, -0.15) is 0 Å². The highest BCUT2D eigenvalue weighted by molar-refractivity contribution is 6.19. The van der Waals surface area contributed by atoms with E-state index in [0.717, 1.165) is 67.1 Å². The topological polar surface area (TPSA) is 131 Å². The van der Waals surface area contributed by atoms with E-state index in [0.29, 0.717) is 52.4 Å². The molecule has 6 heterocycles. The van der Waals surface area contributed by atoms with Crippen LogP contribution in [0.5, 0.6) is 0 Å². The summed E-state index contributed by atoms with van der Waals surface area (Å²) in [5.74, 6) is 5.90. The van der Waals surface area contributed by atoms with Crippen molar-refractivity contribution < 1.29 is 0 Å². The molecular weight excluding hydrogens is 1530 g/mol. The van der Waals surface area contributed by atoms with Crippen LogP contribution in [0.25, 0.3) is 218 Å². The van der Waals surface area contributed by atoms with Gasteiger partial charge in [0.2, 0.25) is 0 Å². The molecule has 0 radical (unpaired) electrons. The van der Waals surface area contributed by atoms with Gasteiger partial charge < -0.3 is 13.7 Å². The molecule has 12 nitrogen and oxygen atoms in total. The highest BCUT2D eigenvalue weighted by Crippen LogP contribution is 2.41. The zero-order valence-corrected chi connectivity index (χ0v) is 67.6. The molecule has 0 aliphatic heterocycles. The zero-order valence-electron chi connectivity index (χ0n) is 67.6. The first-order chi connectivity index (χ1) is 62.0. The highest BCUT2D eigenvalue weighted by atomic mass is 15.1. The molecule has 0 N–H and O–H groups in total. The third-order valence-corrected chi connectivity index (χ3v) is 23.1. The quantitative estimate of drug-likeness (QED) is 0.111. The number of aromatic nitrogens is 12. The Hall–Kier alpha value is -17.1. The number of nitrogens with zero attached hydrogens (tertiary/aromatic N) is 12. The van der Waals surface area contributed by atoms with Gasteiger partial charge in [0.25, 0.3) is 0 Å². The van der Waals surface area contributed by atoms with E-state index in [1.165, 1.54) is 98.1 Å². The van der Waals surface area contributed by atoms with E-state index in [2.05, 4.69) is 281 Å². The van der Waals surface area contributed by atoms with Crippen molar-refractivity contribution in [2.45, 2.75) is 0 Å². The summed E-state index contributed by atoms with van der Waals surface area (Å²) in [6, 6.07) is 155. The predicted molar refractivity (Wildman–Crippen MR) is 512 cm³/mol. The van der Waals surface area contributed by atoms with E-state index < -0.39 is 0 Å². The zero-order chi connectivity index (χ0) is 82.9. The minimum atomic E-state index is 0.646. The molecule has 0 bridgehead atoms. The third kappa shape index (κ3) is 14.4. The van der Waals surface area contributed by atoms with Gasteiger partial charge in [0.15, 0.2) is 52.4 Å². The lowest BCUT2D eigenvalue weighted by Gasteiger charge is -2.11. The van der Waals surface area contributed by atoms with Gasteiger partial charge in [0.05, 0.1) is 33.1 Å². The van der Waals surface area contributed by atoms with Crippen molar-refractivity contribution in [1.82, 2.24) is 58.6 Å². The number of rotatable bonds is 13. The first kappa shape index (κ1) is 74.2. The van der Waals surface area contributed by atoms with Crippen LogP contribution in [0.15, 0.2) is 449 Å². The molecule has 586 valence electrons. The first-order valence-electron chi connectivity index (χ1n) is 41.8. The van der Waals surface area contributed by atoms with Crippen molar-refractivity contribution in [3.05, 3.63) is 449 Å². The minimum absolute atomic E-state index is 0.646. The van der Waals surface area contributed by atoms with Crippen molar-refractivity contribution in [3.8, 4) is 131 Å². The van der Waals surface area contributed by atoms with Crippen LogP contribution in [0.2, 0.25) is 0 Å². The maximum absolute atomic E-state index is 4.91. The normalized spacial score (nSPS) is 11.4. The van der Waals surface area contributed by atoms with Gasteiger partial charge >= 0.3 is 0 Å². The first-order valence-corrected chi connectivity index (χ1v) is 41.8. The summed E-state index contributed by atoms with van der Waals surface area (Å²) in [7, 11) is 0. The lowest BCUT2D eigenvalue weighted by Crippen LogP contribution is -2.00. The molecule has 0 saturated heterocycles. The summed E-state index contributed by atoms with van der Waals surface area (Å²) in [6.45, 7) is 0. The van der Waals surface area contributed by atoms with Crippen LogP contribution in [-0.2, 0) is 0 Å². The number of fused-ring (bicyclic) bond motifs is 12. The van der Waals surface area contributed by atoms with Crippen LogP contribution in [0, 0.1) is 0 Å². The van der Waals surface area contributed by atoms with E-state index >= 15 is 0 Å². The van der Waals surface area contributed by atoms with E-state index in [9.17, 15) is 0 Å². The van der Waals surface area contributed by atoms with Crippen LogP contribution in [0.1, 0.15) is 0 Å².